The number of aromatic nitrogens is 2. The van der Waals surface area contributed by atoms with Gasteiger partial charge in [-0.15, -0.1) is 0 Å². The summed E-state index contributed by atoms with van der Waals surface area (Å²) in [5.41, 5.74) is 0.296. The highest BCUT2D eigenvalue weighted by molar-refractivity contribution is 7.92. The molecule has 1 N–H and O–H groups in total. The number of anilines is 1. The molecule has 2 aromatic rings. The number of nitrogens with zero attached hydrogens (tertiary/aromatic N) is 3. The van der Waals surface area contributed by atoms with Gasteiger partial charge in [0.2, 0.25) is 10.0 Å². The van der Waals surface area contributed by atoms with Crippen LogP contribution >= 0.6 is 0 Å². The zero-order valence-electron chi connectivity index (χ0n) is 15.4. The molecule has 1 saturated heterocycles. The summed E-state index contributed by atoms with van der Waals surface area (Å²) in [5, 5.41) is 3.96. The lowest BCUT2D eigenvalue weighted by atomic mass is 10.0. The molecule has 0 aliphatic carbocycles. The average Bonchev–Trinajstić information content (AvgIpc) is 3.12. The van der Waals surface area contributed by atoms with Crippen LogP contribution in [-0.2, 0) is 26.6 Å². The van der Waals surface area contributed by atoms with Crippen LogP contribution in [0.2, 0.25) is 0 Å². The summed E-state index contributed by atoms with van der Waals surface area (Å²) >= 11 is 0. The number of rotatable bonds is 6. The molecule has 0 spiro atoms. The Morgan fingerprint density at radius 3 is 2.44 bits per heavy atom. The lowest BCUT2D eigenvalue weighted by Crippen LogP contribution is -2.39. The van der Waals surface area contributed by atoms with Gasteiger partial charge in [0.1, 0.15) is 4.90 Å². The Bertz CT molecular complexity index is 998. The van der Waals surface area contributed by atoms with Gasteiger partial charge in [0.15, 0.2) is 0 Å². The smallest absolute Gasteiger partial charge is 0.265 e. The van der Waals surface area contributed by atoms with Gasteiger partial charge in [0.25, 0.3) is 10.0 Å². The molecule has 10 heteroatoms. The fourth-order valence-corrected chi connectivity index (χ4v) is 5.69. The number of hydrogen-bond donors (Lipinski definition) is 1. The molecule has 1 aromatic heterocycles. The van der Waals surface area contributed by atoms with E-state index in [4.69, 9.17) is 0 Å². The molecule has 148 valence electrons. The molecule has 3 rings (SSSR count). The van der Waals surface area contributed by atoms with Crippen LogP contribution in [0.5, 0.6) is 0 Å². The van der Waals surface area contributed by atoms with Gasteiger partial charge in [-0.05, 0) is 49.9 Å². The van der Waals surface area contributed by atoms with Gasteiger partial charge in [-0.3, -0.25) is 9.40 Å². The minimum Gasteiger partial charge on any atom is -0.280 e. The second-order valence-corrected chi connectivity index (χ2v) is 10.4. The number of hydrogen-bond acceptors (Lipinski definition) is 5. The van der Waals surface area contributed by atoms with Crippen LogP contribution in [0.15, 0.2) is 46.5 Å². The predicted octanol–water partition coefficient (Wildman–Crippen LogP) is 2.12. The molecular formula is C17H24N4O4S2. The first-order valence-electron chi connectivity index (χ1n) is 8.88. The second-order valence-electron chi connectivity index (χ2n) is 6.77. The highest BCUT2D eigenvalue weighted by Crippen LogP contribution is 2.25. The van der Waals surface area contributed by atoms with Crippen molar-refractivity contribution in [1.82, 2.24) is 14.1 Å². The second kappa shape index (κ2) is 7.61. The van der Waals surface area contributed by atoms with Gasteiger partial charge in [-0.2, -0.15) is 9.40 Å². The summed E-state index contributed by atoms with van der Waals surface area (Å²) in [7, 11) is -7.34. The van der Waals surface area contributed by atoms with E-state index in [2.05, 4.69) is 9.82 Å². The molecule has 2 heterocycles. The van der Waals surface area contributed by atoms with Crippen LogP contribution in [0.25, 0.3) is 0 Å². The molecule has 1 aliphatic heterocycles. The summed E-state index contributed by atoms with van der Waals surface area (Å²) in [4.78, 5) is 0.224. The Labute approximate surface area is 160 Å². The van der Waals surface area contributed by atoms with Crippen LogP contribution in [0, 0.1) is 5.92 Å². The van der Waals surface area contributed by atoms with Crippen LogP contribution in [0.1, 0.15) is 26.7 Å². The van der Waals surface area contributed by atoms with Gasteiger partial charge in [0.05, 0.1) is 11.1 Å². The van der Waals surface area contributed by atoms with E-state index >= 15 is 0 Å². The molecule has 1 atom stereocenters. The van der Waals surface area contributed by atoms with Crippen LogP contribution < -0.4 is 4.72 Å². The molecule has 1 aliphatic rings. The number of nitrogens with one attached hydrogen (secondary N) is 1. The number of piperidine rings is 1. The van der Waals surface area contributed by atoms with Crippen molar-refractivity contribution >= 4 is 25.7 Å². The van der Waals surface area contributed by atoms with E-state index in [1.807, 2.05) is 13.8 Å². The maximum atomic E-state index is 12.8. The van der Waals surface area contributed by atoms with Crippen molar-refractivity contribution in [3.05, 3.63) is 36.7 Å². The van der Waals surface area contributed by atoms with Crippen molar-refractivity contribution in [3.8, 4) is 0 Å². The predicted molar refractivity (Wildman–Crippen MR) is 102 cm³/mol. The van der Waals surface area contributed by atoms with Crippen molar-refractivity contribution < 1.29 is 16.8 Å². The molecule has 1 fully saturated rings. The van der Waals surface area contributed by atoms with Crippen LogP contribution in [0.4, 0.5) is 5.69 Å². The Kier molecular flexibility index (Phi) is 5.59. The molecule has 1 aromatic carbocycles. The van der Waals surface area contributed by atoms with E-state index in [9.17, 15) is 16.8 Å². The summed E-state index contributed by atoms with van der Waals surface area (Å²) < 4.78 is 55.8. The number of aryl methyl sites for hydroxylation is 1. The van der Waals surface area contributed by atoms with Crippen molar-refractivity contribution in [2.24, 2.45) is 5.92 Å². The largest absolute Gasteiger partial charge is 0.280 e. The van der Waals surface area contributed by atoms with E-state index in [-0.39, 0.29) is 9.79 Å². The molecule has 0 bridgehead atoms. The highest BCUT2D eigenvalue weighted by atomic mass is 32.2. The van der Waals surface area contributed by atoms with Crippen LogP contribution in [-0.4, -0.2) is 44.0 Å². The van der Waals surface area contributed by atoms with Crippen LogP contribution in [0.3, 0.4) is 0 Å². The number of sulfonamides is 2. The first-order chi connectivity index (χ1) is 12.7. The van der Waals surface area contributed by atoms with E-state index in [0.29, 0.717) is 31.2 Å². The molecule has 8 nitrogen and oxygen atoms in total. The standard InChI is InChI=1S/C17H24N4O4S2/c1-3-20-13-17(11-18-20)26(22,23)19-15-6-8-16(9-7-15)27(24,25)21-10-4-5-14(2)12-21/h6-9,11,13-14,19H,3-5,10,12H2,1-2H3. The van der Waals surface area contributed by atoms with E-state index in [1.54, 1.807) is 0 Å². The van der Waals surface area contributed by atoms with Gasteiger partial charge >= 0.3 is 0 Å². The van der Waals surface area contributed by atoms with Crippen molar-refractivity contribution in [1.29, 1.82) is 0 Å². The monoisotopic (exact) mass is 412 g/mol. The van der Waals surface area contributed by atoms with Crippen molar-refractivity contribution in [2.45, 2.75) is 43.0 Å². The third kappa shape index (κ3) is 4.33. The first-order valence-corrected chi connectivity index (χ1v) is 11.8. The minimum absolute atomic E-state index is 0.0587. The summed E-state index contributed by atoms with van der Waals surface area (Å²) in [6, 6.07) is 5.79. The van der Waals surface area contributed by atoms with E-state index in [0.717, 1.165) is 12.8 Å². The van der Waals surface area contributed by atoms with Gasteiger partial charge in [-0.1, -0.05) is 6.92 Å². The fourth-order valence-electron chi connectivity index (χ4n) is 3.08. The van der Waals surface area contributed by atoms with Gasteiger partial charge < -0.3 is 0 Å². The molecule has 27 heavy (non-hydrogen) atoms. The minimum atomic E-state index is -3.77. The zero-order chi connectivity index (χ0) is 19.7. The third-order valence-corrected chi connectivity index (χ3v) is 7.82. The molecule has 0 saturated carbocycles. The lowest BCUT2D eigenvalue weighted by molar-refractivity contribution is 0.281. The van der Waals surface area contributed by atoms with E-state index < -0.39 is 20.0 Å². The maximum absolute atomic E-state index is 12.8. The van der Waals surface area contributed by atoms with Gasteiger partial charge in [0, 0.05) is 31.5 Å². The van der Waals surface area contributed by atoms with Gasteiger partial charge in [-0.25, -0.2) is 16.8 Å². The first kappa shape index (κ1) is 19.8. The summed E-state index contributed by atoms with van der Waals surface area (Å²) in [6.07, 6.45) is 4.60. The van der Waals surface area contributed by atoms with Crippen molar-refractivity contribution in [2.75, 3.05) is 17.8 Å². The Morgan fingerprint density at radius 2 is 1.85 bits per heavy atom. The number of benzene rings is 1. The zero-order valence-corrected chi connectivity index (χ0v) is 17.0. The maximum Gasteiger partial charge on any atom is 0.265 e. The average molecular weight is 413 g/mol. The fraction of sp³-hybridized carbons (Fsp3) is 0.471. The normalized spacial score (nSPS) is 19.1. The van der Waals surface area contributed by atoms with E-state index in [1.165, 1.54) is 45.6 Å². The Morgan fingerprint density at radius 1 is 1.15 bits per heavy atom. The third-order valence-electron chi connectivity index (χ3n) is 4.61. The highest BCUT2D eigenvalue weighted by Gasteiger charge is 2.28. The Balaban J connectivity index is 1.77. The molecular weight excluding hydrogens is 388 g/mol. The SMILES string of the molecule is CCn1cc(S(=O)(=O)Nc2ccc(S(=O)(=O)N3CCCC(C)C3)cc2)cn1. The summed E-state index contributed by atoms with van der Waals surface area (Å²) in [5.74, 6) is 0.337. The molecule has 1 unspecified atom stereocenters. The molecule has 0 radical (unpaired) electrons. The Hall–Kier alpha value is -1.91. The quantitative estimate of drug-likeness (QED) is 0.783. The van der Waals surface area contributed by atoms with Crippen molar-refractivity contribution in [3.63, 3.8) is 0 Å². The summed E-state index contributed by atoms with van der Waals surface area (Å²) in [6.45, 7) is 5.50. The molecule has 0 amide bonds. The lowest BCUT2D eigenvalue weighted by Gasteiger charge is -2.30. The topological polar surface area (TPSA) is 101 Å².